The molecule has 6 heteroatoms. The van der Waals surface area contributed by atoms with Gasteiger partial charge < -0.3 is 10.5 Å². The number of nitrogen functional groups attached to an aromatic ring is 1. The van der Waals surface area contributed by atoms with Crippen molar-refractivity contribution >= 4 is 28.7 Å². The standard InChI is InChI=1S/C18H17N5O/c1-6-12-9-21-18-15(22-12)14(20-4)17(19)23(18)16-10(2)7-8-13(24-5)11(16)3/h6-9H,1,19H2,2-3,5H3. The average molecular weight is 319 g/mol. The number of aromatic nitrogens is 3. The fraction of sp³-hybridized carbons (Fsp3) is 0.167. The van der Waals surface area contributed by atoms with Crippen molar-refractivity contribution < 1.29 is 4.74 Å². The molecule has 0 bridgehead atoms. The highest BCUT2D eigenvalue weighted by atomic mass is 16.5. The van der Waals surface area contributed by atoms with Gasteiger partial charge in [-0.1, -0.05) is 12.6 Å². The molecule has 0 saturated carbocycles. The zero-order valence-corrected chi connectivity index (χ0v) is 13.8. The monoisotopic (exact) mass is 319 g/mol. The Kier molecular flexibility index (Phi) is 3.70. The third-order valence-corrected chi connectivity index (χ3v) is 4.04. The zero-order valence-electron chi connectivity index (χ0n) is 13.8. The van der Waals surface area contributed by atoms with E-state index in [1.165, 1.54) is 0 Å². The number of ether oxygens (including phenoxy) is 1. The lowest BCUT2D eigenvalue weighted by molar-refractivity contribution is 0.411. The second-order valence-corrected chi connectivity index (χ2v) is 5.41. The molecule has 0 radical (unpaired) electrons. The lowest BCUT2D eigenvalue weighted by atomic mass is 10.1. The molecule has 1 aromatic carbocycles. The first-order chi connectivity index (χ1) is 11.5. The number of nitrogens with two attached hydrogens (primary N) is 1. The Morgan fingerprint density at radius 3 is 2.75 bits per heavy atom. The van der Waals surface area contributed by atoms with E-state index in [0.29, 0.717) is 28.4 Å². The fourth-order valence-electron chi connectivity index (χ4n) is 2.88. The van der Waals surface area contributed by atoms with Crippen LogP contribution in [0.15, 0.2) is 24.9 Å². The Morgan fingerprint density at radius 2 is 2.12 bits per heavy atom. The van der Waals surface area contributed by atoms with E-state index in [9.17, 15) is 0 Å². The molecule has 0 aliphatic rings. The molecule has 0 atom stereocenters. The number of rotatable bonds is 3. The summed E-state index contributed by atoms with van der Waals surface area (Å²) in [5.74, 6) is 1.07. The first kappa shape index (κ1) is 15.6. The van der Waals surface area contributed by atoms with E-state index < -0.39 is 0 Å². The molecule has 0 saturated heterocycles. The number of methoxy groups -OCH3 is 1. The molecule has 6 nitrogen and oxygen atoms in total. The summed E-state index contributed by atoms with van der Waals surface area (Å²) in [4.78, 5) is 12.5. The molecule has 3 aromatic rings. The highest BCUT2D eigenvalue weighted by Gasteiger charge is 2.22. The van der Waals surface area contributed by atoms with Crippen molar-refractivity contribution in [1.82, 2.24) is 14.5 Å². The maximum absolute atomic E-state index is 7.47. The van der Waals surface area contributed by atoms with E-state index in [1.54, 1.807) is 23.9 Å². The Bertz CT molecular complexity index is 1010. The van der Waals surface area contributed by atoms with Gasteiger partial charge in [-0.15, -0.1) is 0 Å². The van der Waals surface area contributed by atoms with Crippen molar-refractivity contribution in [1.29, 1.82) is 0 Å². The number of hydrogen-bond acceptors (Lipinski definition) is 4. The minimum absolute atomic E-state index is 0.294. The average Bonchev–Trinajstić information content (AvgIpc) is 2.86. The quantitative estimate of drug-likeness (QED) is 0.745. The normalized spacial score (nSPS) is 10.6. The maximum Gasteiger partial charge on any atom is 0.255 e. The lowest BCUT2D eigenvalue weighted by Gasteiger charge is -2.16. The van der Waals surface area contributed by atoms with Gasteiger partial charge in [0.25, 0.3) is 5.69 Å². The van der Waals surface area contributed by atoms with Crippen LogP contribution in [0.25, 0.3) is 27.8 Å². The van der Waals surface area contributed by atoms with E-state index in [1.807, 2.05) is 26.0 Å². The van der Waals surface area contributed by atoms with E-state index in [-0.39, 0.29) is 0 Å². The Morgan fingerprint density at radius 1 is 1.38 bits per heavy atom. The van der Waals surface area contributed by atoms with Crippen molar-refractivity contribution in [2.45, 2.75) is 13.8 Å². The van der Waals surface area contributed by atoms with Crippen molar-refractivity contribution in [2.75, 3.05) is 12.8 Å². The Labute approximate surface area is 140 Å². The number of aryl methyl sites for hydroxylation is 1. The third kappa shape index (κ3) is 2.10. The minimum atomic E-state index is 0.294. The van der Waals surface area contributed by atoms with E-state index in [4.69, 9.17) is 17.0 Å². The Hall–Kier alpha value is -3.33. The number of fused-ring (bicyclic) bond motifs is 1. The smallest absolute Gasteiger partial charge is 0.255 e. The minimum Gasteiger partial charge on any atom is -0.496 e. The van der Waals surface area contributed by atoms with Crippen LogP contribution in [0.2, 0.25) is 0 Å². The molecule has 2 aromatic heterocycles. The van der Waals surface area contributed by atoms with Crippen LogP contribution in [0, 0.1) is 20.4 Å². The lowest BCUT2D eigenvalue weighted by Crippen LogP contribution is -2.06. The van der Waals surface area contributed by atoms with Gasteiger partial charge in [-0.25, -0.2) is 9.83 Å². The summed E-state index contributed by atoms with van der Waals surface area (Å²) in [5.41, 5.74) is 11.0. The van der Waals surface area contributed by atoms with Crippen LogP contribution in [0.1, 0.15) is 16.8 Å². The second kappa shape index (κ2) is 5.70. The number of nitrogens with zero attached hydrogens (tertiary/aromatic N) is 4. The summed E-state index contributed by atoms with van der Waals surface area (Å²) in [6.45, 7) is 15.1. The van der Waals surface area contributed by atoms with Crippen LogP contribution in [0.4, 0.5) is 11.5 Å². The van der Waals surface area contributed by atoms with E-state index in [2.05, 4.69) is 21.4 Å². The third-order valence-electron chi connectivity index (χ3n) is 4.04. The van der Waals surface area contributed by atoms with Gasteiger partial charge in [0.1, 0.15) is 17.1 Å². The van der Waals surface area contributed by atoms with Crippen LogP contribution in [-0.2, 0) is 0 Å². The van der Waals surface area contributed by atoms with E-state index >= 15 is 0 Å². The van der Waals surface area contributed by atoms with Gasteiger partial charge in [0.2, 0.25) is 0 Å². The molecular formula is C18H17N5O. The van der Waals surface area contributed by atoms with Crippen molar-refractivity contribution in [3.8, 4) is 11.4 Å². The van der Waals surface area contributed by atoms with Crippen LogP contribution >= 0.6 is 0 Å². The summed E-state index contributed by atoms with van der Waals surface area (Å²) >= 11 is 0. The summed E-state index contributed by atoms with van der Waals surface area (Å²) in [6, 6.07) is 3.86. The molecular weight excluding hydrogens is 302 g/mol. The molecule has 120 valence electrons. The highest BCUT2D eigenvalue weighted by Crippen LogP contribution is 2.39. The molecule has 2 N–H and O–H groups in total. The number of benzene rings is 1. The van der Waals surface area contributed by atoms with E-state index in [0.717, 1.165) is 22.6 Å². The van der Waals surface area contributed by atoms with Gasteiger partial charge in [-0.05, 0) is 31.6 Å². The number of hydrogen-bond donors (Lipinski definition) is 1. The molecule has 0 amide bonds. The molecule has 0 spiro atoms. The molecule has 24 heavy (non-hydrogen) atoms. The highest BCUT2D eigenvalue weighted by molar-refractivity contribution is 5.97. The predicted octanol–water partition coefficient (Wildman–Crippen LogP) is 3.82. The van der Waals surface area contributed by atoms with Gasteiger partial charge in [-0.2, -0.15) is 0 Å². The Balaban J connectivity index is 2.47. The van der Waals surface area contributed by atoms with Gasteiger partial charge in [-0.3, -0.25) is 9.55 Å². The predicted molar refractivity (Wildman–Crippen MR) is 95.7 cm³/mol. The second-order valence-electron chi connectivity index (χ2n) is 5.41. The summed E-state index contributed by atoms with van der Waals surface area (Å²) in [7, 11) is 1.62. The summed E-state index contributed by atoms with van der Waals surface area (Å²) in [5, 5.41) is 0. The fourth-order valence-corrected chi connectivity index (χ4v) is 2.88. The van der Waals surface area contributed by atoms with Crippen molar-refractivity contribution in [2.24, 2.45) is 0 Å². The molecule has 2 heterocycles. The first-order valence-electron chi connectivity index (χ1n) is 7.34. The molecule has 0 fully saturated rings. The summed E-state index contributed by atoms with van der Waals surface area (Å²) in [6.07, 6.45) is 3.21. The summed E-state index contributed by atoms with van der Waals surface area (Å²) < 4.78 is 7.19. The van der Waals surface area contributed by atoms with Gasteiger partial charge in [0.05, 0.1) is 31.3 Å². The van der Waals surface area contributed by atoms with Crippen molar-refractivity contribution in [3.05, 3.63) is 53.1 Å². The van der Waals surface area contributed by atoms with Crippen molar-refractivity contribution in [3.63, 3.8) is 0 Å². The molecule has 3 rings (SSSR count). The number of anilines is 1. The van der Waals surface area contributed by atoms with Crippen LogP contribution in [-0.4, -0.2) is 21.6 Å². The topological polar surface area (TPSA) is 70.3 Å². The first-order valence-corrected chi connectivity index (χ1v) is 7.34. The molecule has 0 unspecified atom stereocenters. The SMILES string of the molecule is [C-]#[N+]c1c(N)n(-c2c(C)ccc(OC)c2C)c2ncc(C=C)nc12. The van der Waals surface area contributed by atoms with Gasteiger partial charge in [0.15, 0.2) is 5.65 Å². The van der Waals surface area contributed by atoms with Gasteiger partial charge in [0, 0.05) is 5.56 Å². The molecule has 0 aliphatic carbocycles. The zero-order chi connectivity index (χ0) is 17.4. The largest absolute Gasteiger partial charge is 0.496 e. The maximum atomic E-state index is 7.47. The van der Waals surface area contributed by atoms with Crippen LogP contribution in [0.5, 0.6) is 5.75 Å². The van der Waals surface area contributed by atoms with Crippen LogP contribution < -0.4 is 10.5 Å². The molecule has 0 aliphatic heterocycles. The van der Waals surface area contributed by atoms with Gasteiger partial charge >= 0.3 is 0 Å². The van der Waals surface area contributed by atoms with Crippen LogP contribution in [0.3, 0.4) is 0 Å².